The molecule has 0 saturated carbocycles. The van der Waals surface area contributed by atoms with E-state index < -0.39 is 11.5 Å². The summed E-state index contributed by atoms with van der Waals surface area (Å²) in [5.74, 6) is -0.0388. The molecule has 0 radical (unpaired) electrons. The summed E-state index contributed by atoms with van der Waals surface area (Å²) in [5.41, 5.74) is 4.58. The molecule has 0 aliphatic heterocycles. The van der Waals surface area contributed by atoms with E-state index in [9.17, 15) is 9.90 Å². The molecule has 1 atom stereocenters. The molecular weight excluding hydrogens is 234 g/mol. The summed E-state index contributed by atoms with van der Waals surface area (Å²) in [5, 5.41) is 21.6. The largest absolute Gasteiger partial charge is 0.396 e. The van der Waals surface area contributed by atoms with E-state index in [1.54, 1.807) is 6.92 Å². The average molecular weight is 253 g/mol. The van der Waals surface area contributed by atoms with Crippen LogP contribution in [-0.2, 0) is 0 Å². The molecule has 0 saturated heterocycles. The Bertz CT molecular complexity index is 407. The van der Waals surface area contributed by atoms with Gasteiger partial charge in [-0.15, -0.1) is 0 Å². The Morgan fingerprint density at radius 3 is 2.94 bits per heavy atom. The lowest BCUT2D eigenvalue weighted by molar-refractivity contribution is 0.0565. The second-order valence-corrected chi connectivity index (χ2v) is 4.47. The molecule has 1 unspecified atom stereocenters. The number of aliphatic hydroxyl groups is 2. The predicted molar refractivity (Wildman–Crippen MR) is 68.2 cm³/mol. The summed E-state index contributed by atoms with van der Waals surface area (Å²) in [7, 11) is 0. The zero-order chi connectivity index (χ0) is 13.6. The third kappa shape index (κ3) is 4.68. The number of carbonyl (C=O) groups is 1. The SMILES string of the molecule is CC(O)(CCCO)CNc1cc(C(N)=O)ccn1. The molecule has 0 aliphatic carbocycles. The highest BCUT2D eigenvalue weighted by atomic mass is 16.3. The minimum absolute atomic E-state index is 0.0472. The number of primary amides is 1. The number of nitrogens with two attached hydrogens (primary N) is 1. The second-order valence-electron chi connectivity index (χ2n) is 4.47. The van der Waals surface area contributed by atoms with Gasteiger partial charge >= 0.3 is 0 Å². The number of amides is 1. The van der Waals surface area contributed by atoms with Gasteiger partial charge in [0.1, 0.15) is 5.82 Å². The van der Waals surface area contributed by atoms with Gasteiger partial charge in [0.25, 0.3) is 0 Å². The van der Waals surface area contributed by atoms with Crippen LogP contribution in [-0.4, -0.2) is 39.9 Å². The number of rotatable bonds is 7. The van der Waals surface area contributed by atoms with Crippen LogP contribution in [0.15, 0.2) is 18.3 Å². The summed E-state index contributed by atoms with van der Waals surface area (Å²) < 4.78 is 0. The van der Waals surface area contributed by atoms with Gasteiger partial charge in [0, 0.05) is 24.9 Å². The van der Waals surface area contributed by atoms with Crippen molar-refractivity contribution in [3.63, 3.8) is 0 Å². The molecule has 100 valence electrons. The van der Waals surface area contributed by atoms with Crippen molar-refractivity contribution in [3.8, 4) is 0 Å². The van der Waals surface area contributed by atoms with Crippen molar-refractivity contribution in [1.29, 1.82) is 0 Å². The maximum absolute atomic E-state index is 11.0. The quantitative estimate of drug-likeness (QED) is 0.552. The Kier molecular flexibility index (Phi) is 5.06. The summed E-state index contributed by atoms with van der Waals surface area (Å²) in [6.07, 6.45) is 2.49. The molecule has 1 aromatic heterocycles. The zero-order valence-corrected chi connectivity index (χ0v) is 10.4. The van der Waals surface area contributed by atoms with Gasteiger partial charge < -0.3 is 21.3 Å². The summed E-state index contributed by atoms with van der Waals surface area (Å²) in [6, 6.07) is 3.06. The second kappa shape index (κ2) is 6.32. The standard InChI is InChI=1S/C12H19N3O3/c1-12(18,4-2-6-16)8-15-10-7-9(11(13)17)3-5-14-10/h3,5,7,16,18H,2,4,6,8H2,1H3,(H2,13,17)(H,14,15). The zero-order valence-electron chi connectivity index (χ0n) is 10.4. The van der Waals surface area contributed by atoms with E-state index in [0.717, 1.165) is 0 Å². The smallest absolute Gasteiger partial charge is 0.248 e. The highest BCUT2D eigenvalue weighted by Gasteiger charge is 2.19. The first-order valence-electron chi connectivity index (χ1n) is 5.77. The van der Waals surface area contributed by atoms with Gasteiger partial charge in [0.05, 0.1) is 5.60 Å². The van der Waals surface area contributed by atoms with Gasteiger partial charge in [-0.1, -0.05) is 0 Å². The number of nitrogens with one attached hydrogen (secondary N) is 1. The lowest BCUT2D eigenvalue weighted by Crippen LogP contribution is -2.33. The number of carbonyl (C=O) groups excluding carboxylic acids is 1. The van der Waals surface area contributed by atoms with Crippen molar-refractivity contribution >= 4 is 11.7 Å². The fourth-order valence-electron chi connectivity index (χ4n) is 1.51. The summed E-state index contributed by atoms with van der Waals surface area (Å²) in [6.45, 7) is 2.00. The number of nitrogens with zero attached hydrogens (tertiary/aromatic N) is 1. The highest BCUT2D eigenvalue weighted by molar-refractivity contribution is 5.93. The minimum Gasteiger partial charge on any atom is -0.396 e. The first-order chi connectivity index (χ1) is 8.44. The molecule has 1 rings (SSSR count). The van der Waals surface area contributed by atoms with E-state index in [0.29, 0.717) is 24.2 Å². The van der Waals surface area contributed by atoms with Gasteiger partial charge in [-0.2, -0.15) is 0 Å². The van der Waals surface area contributed by atoms with Crippen LogP contribution in [0.25, 0.3) is 0 Å². The van der Waals surface area contributed by atoms with Crippen LogP contribution in [0.3, 0.4) is 0 Å². The third-order valence-electron chi connectivity index (χ3n) is 2.57. The Hall–Kier alpha value is -1.66. The molecule has 18 heavy (non-hydrogen) atoms. The van der Waals surface area contributed by atoms with E-state index in [2.05, 4.69) is 10.3 Å². The van der Waals surface area contributed by atoms with E-state index in [-0.39, 0.29) is 13.2 Å². The number of aromatic nitrogens is 1. The molecule has 0 spiro atoms. The molecule has 6 heteroatoms. The van der Waals surface area contributed by atoms with Crippen LogP contribution in [0, 0.1) is 0 Å². The number of hydrogen-bond acceptors (Lipinski definition) is 5. The molecule has 1 amide bonds. The van der Waals surface area contributed by atoms with Crippen molar-refractivity contribution in [2.45, 2.75) is 25.4 Å². The molecular formula is C12H19N3O3. The number of anilines is 1. The molecule has 0 fully saturated rings. The van der Waals surface area contributed by atoms with Crippen molar-refractivity contribution in [2.75, 3.05) is 18.5 Å². The van der Waals surface area contributed by atoms with Crippen LogP contribution in [0.4, 0.5) is 5.82 Å². The highest BCUT2D eigenvalue weighted by Crippen LogP contribution is 2.13. The van der Waals surface area contributed by atoms with Crippen LogP contribution >= 0.6 is 0 Å². The Morgan fingerprint density at radius 2 is 2.33 bits per heavy atom. The third-order valence-corrected chi connectivity index (χ3v) is 2.57. The summed E-state index contributed by atoms with van der Waals surface area (Å²) >= 11 is 0. The lowest BCUT2D eigenvalue weighted by Gasteiger charge is -2.23. The molecule has 1 heterocycles. The first kappa shape index (κ1) is 14.4. The summed E-state index contributed by atoms with van der Waals surface area (Å²) in [4.78, 5) is 15.0. The van der Waals surface area contributed by atoms with Crippen molar-refractivity contribution in [3.05, 3.63) is 23.9 Å². The lowest BCUT2D eigenvalue weighted by atomic mass is 10.0. The van der Waals surface area contributed by atoms with E-state index in [4.69, 9.17) is 10.8 Å². The van der Waals surface area contributed by atoms with E-state index in [1.807, 2.05) is 0 Å². The van der Waals surface area contributed by atoms with Gasteiger partial charge in [-0.3, -0.25) is 4.79 Å². The number of aliphatic hydroxyl groups excluding tert-OH is 1. The monoisotopic (exact) mass is 253 g/mol. The fourth-order valence-corrected chi connectivity index (χ4v) is 1.51. The number of pyridine rings is 1. The molecule has 6 nitrogen and oxygen atoms in total. The van der Waals surface area contributed by atoms with Crippen LogP contribution in [0.1, 0.15) is 30.1 Å². The van der Waals surface area contributed by atoms with E-state index >= 15 is 0 Å². The Balaban J connectivity index is 2.57. The Labute approximate surface area is 106 Å². The van der Waals surface area contributed by atoms with Crippen molar-refractivity contribution in [2.24, 2.45) is 5.73 Å². The van der Waals surface area contributed by atoms with Crippen LogP contribution < -0.4 is 11.1 Å². The van der Waals surface area contributed by atoms with E-state index in [1.165, 1.54) is 18.3 Å². The normalized spacial score (nSPS) is 13.9. The molecule has 1 aromatic rings. The maximum Gasteiger partial charge on any atom is 0.248 e. The van der Waals surface area contributed by atoms with Gasteiger partial charge in [-0.25, -0.2) is 4.98 Å². The van der Waals surface area contributed by atoms with Gasteiger partial charge in [-0.05, 0) is 31.9 Å². The maximum atomic E-state index is 11.0. The number of hydrogen-bond donors (Lipinski definition) is 4. The van der Waals surface area contributed by atoms with Gasteiger partial charge in [0.2, 0.25) is 5.91 Å². The van der Waals surface area contributed by atoms with Crippen LogP contribution in [0.5, 0.6) is 0 Å². The topological polar surface area (TPSA) is 108 Å². The molecule has 0 aliphatic rings. The molecule has 5 N–H and O–H groups in total. The molecule has 0 bridgehead atoms. The minimum atomic E-state index is -0.937. The fraction of sp³-hybridized carbons (Fsp3) is 0.500. The Morgan fingerprint density at radius 1 is 1.61 bits per heavy atom. The average Bonchev–Trinajstić information content (AvgIpc) is 2.34. The first-order valence-corrected chi connectivity index (χ1v) is 5.77. The molecule has 0 aromatic carbocycles. The van der Waals surface area contributed by atoms with Gasteiger partial charge in [0.15, 0.2) is 0 Å². The predicted octanol–water partition coefficient (Wildman–Crippen LogP) is 0.116. The van der Waals surface area contributed by atoms with Crippen molar-refractivity contribution in [1.82, 2.24) is 4.98 Å². The van der Waals surface area contributed by atoms with Crippen LogP contribution in [0.2, 0.25) is 0 Å². The van der Waals surface area contributed by atoms with Crippen molar-refractivity contribution < 1.29 is 15.0 Å².